The van der Waals surface area contributed by atoms with Crippen molar-refractivity contribution in [3.05, 3.63) is 46.9 Å². The molecule has 0 saturated carbocycles. The van der Waals surface area contributed by atoms with Crippen LogP contribution in [0.2, 0.25) is 0 Å². The summed E-state index contributed by atoms with van der Waals surface area (Å²) in [7, 11) is 1.85. The normalized spacial score (nSPS) is 18.6. The number of hydrogen-bond acceptors (Lipinski definition) is 5. The molecule has 1 aromatic carbocycles. The molecule has 1 amide bonds. The number of aryl methyl sites for hydroxylation is 1. The third kappa shape index (κ3) is 3.67. The minimum Gasteiger partial charge on any atom is -0.402 e. The van der Waals surface area contributed by atoms with Gasteiger partial charge in [-0.1, -0.05) is 6.92 Å². The Kier molecular flexibility index (Phi) is 5.27. The first-order valence-electron chi connectivity index (χ1n) is 10.5. The van der Waals surface area contributed by atoms with E-state index in [2.05, 4.69) is 24.2 Å². The number of nitrogens with zero attached hydrogens (tertiary/aromatic N) is 5. The van der Waals surface area contributed by atoms with Gasteiger partial charge < -0.3 is 15.5 Å². The quantitative estimate of drug-likeness (QED) is 0.576. The lowest BCUT2D eigenvalue weighted by Crippen LogP contribution is -2.44. The molecule has 4 rings (SSSR count). The van der Waals surface area contributed by atoms with Crippen molar-refractivity contribution < 1.29 is 4.79 Å². The lowest BCUT2D eigenvalue weighted by molar-refractivity contribution is -0.128. The van der Waals surface area contributed by atoms with Crippen LogP contribution in [0.5, 0.6) is 0 Å². The highest BCUT2D eigenvalue weighted by Crippen LogP contribution is 2.40. The van der Waals surface area contributed by atoms with E-state index in [1.165, 1.54) is 0 Å². The van der Waals surface area contributed by atoms with Crippen molar-refractivity contribution in [3.63, 3.8) is 0 Å². The van der Waals surface area contributed by atoms with Crippen LogP contribution in [0.25, 0.3) is 11.1 Å². The number of amides is 1. The van der Waals surface area contributed by atoms with E-state index in [0.29, 0.717) is 54.6 Å². The summed E-state index contributed by atoms with van der Waals surface area (Å²) < 4.78 is 1.72. The molecule has 0 aliphatic carbocycles. The zero-order valence-electron chi connectivity index (χ0n) is 18.1. The summed E-state index contributed by atoms with van der Waals surface area (Å²) in [6, 6.07) is 6.26. The van der Waals surface area contributed by atoms with Gasteiger partial charge >= 0.3 is 0 Å². The zero-order chi connectivity index (χ0) is 22.3. The van der Waals surface area contributed by atoms with Gasteiger partial charge in [-0.15, -0.1) is 0 Å². The number of nitrogens with one attached hydrogen (secondary N) is 1. The molecule has 0 saturated heterocycles. The Morgan fingerprint density at radius 2 is 2.13 bits per heavy atom. The molecule has 1 aromatic heterocycles. The fourth-order valence-electron chi connectivity index (χ4n) is 4.39. The molecule has 2 aliphatic heterocycles. The second-order valence-electron chi connectivity index (χ2n) is 8.36. The maximum absolute atomic E-state index is 11.9. The number of anilines is 1. The van der Waals surface area contributed by atoms with Crippen LogP contribution in [0.4, 0.5) is 5.69 Å². The Morgan fingerprint density at radius 3 is 2.77 bits per heavy atom. The Morgan fingerprint density at radius 1 is 1.35 bits per heavy atom. The van der Waals surface area contributed by atoms with Crippen LogP contribution in [-0.4, -0.2) is 46.1 Å². The molecule has 31 heavy (non-hydrogen) atoms. The second-order valence-corrected chi connectivity index (χ2v) is 8.36. The summed E-state index contributed by atoms with van der Waals surface area (Å²) in [5.41, 5.74) is 11.9. The number of nitriles is 1. The molecule has 0 radical (unpaired) electrons. The molecule has 0 unspecified atom stereocenters. The number of benzene rings is 1. The fourth-order valence-corrected chi connectivity index (χ4v) is 4.39. The smallest absolute Gasteiger partial charge is 0.219 e. The van der Waals surface area contributed by atoms with Crippen LogP contribution in [0.1, 0.15) is 43.7 Å². The summed E-state index contributed by atoms with van der Waals surface area (Å²) in [5, 5.41) is 23.0. The number of nitrogens with two attached hydrogens (primary N) is 1. The standard InChI is InChI=1S/C23H27N7O/c1-14-4-7-30(23(26)20-13-29(15(2)31)6-5-21(20)25)22-8-16(10-24)19(9-18(14)22)17-11-27-28(3)12-17/h8-9,11-12,14,26H,4-7,13,25H2,1-3H3/t14-/m0/s1. The van der Waals surface area contributed by atoms with Crippen LogP contribution in [0.15, 0.2) is 35.8 Å². The predicted molar refractivity (Wildman–Crippen MR) is 120 cm³/mol. The monoisotopic (exact) mass is 417 g/mol. The van der Waals surface area contributed by atoms with Gasteiger partial charge in [-0.2, -0.15) is 10.4 Å². The summed E-state index contributed by atoms with van der Waals surface area (Å²) >= 11 is 0. The lowest BCUT2D eigenvalue weighted by atomic mass is 9.86. The molecule has 3 heterocycles. The molecule has 8 heteroatoms. The van der Waals surface area contributed by atoms with Gasteiger partial charge in [-0.3, -0.25) is 14.9 Å². The van der Waals surface area contributed by atoms with Crippen LogP contribution >= 0.6 is 0 Å². The molecule has 2 aliphatic rings. The topological polar surface area (TPSA) is 115 Å². The molecule has 0 spiro atoms. The summed E-state index contributed by atoms with van der Waals surface area (Å²) in [4.78, 5) is 15.5. The van der Waals surface area contributed by atoms with Crippen molar-refractivity contribution in [2.45, 2.75) is 32.6 Å². The first-order chi connectivity index (χ1) is 14.8. The van der Waals surface area contributed by atoms with E-state index in [-0.39, 0.29) is 5.91 Å². The molecule has 160 valence electrons. The number of fused-ring (bicyclic) bond motifs is 1. The highest BCUT2D eigenvalue weighted by atomic mass is 16.2. The number of hydrogen-bond donors (Lipinski definition) is 2. The zero-order valence-corrected chi connectivity index (χ0v) is 18.1. The molecule has 1 atom stereocenters. The first-order valence-corrected chi connectivity index (χ1v) is 10.5. The molecular formula is C23H27N7O. The second kappa shape index (κ2) is 7.91. The number of aromatic nitrogens is 2. The molecule has 3 N–H and O–H groups in total. The van der Waals surface area contributed by atoms with Gasteiger partial charge in [0.25, 0.3) is 0 Å². The van der Waals surface area contributed by atoms with Crippen LogP contribution in [0.3, 0.4) is 0 Å². The Bertz CT molecular complexity index is 1140. The van der Waals surface area contributed by atoms with Crippen molar-refractivity contribution in [2.75, 3.05) is 24.5 Å². The Balaban J connectivity index is 1.77. The highest BCUT2D eigenvalue weighted by molar-refractivity contribution is 6.09. The fraction of sp³-hybridized carbons (Fsp3) is 0.391. The van der Waals surface area contributed by atoms with Crippen molar-refractivity contribution in [2.24, 2.45) is 12.8 Å². The lowest BCUT2D eigenvalue weighted by Gasteiger charge is -2.38. The summed E-state index contributed by atoms with van der Waals surface area (Å²) in [6.45, 7) is 5.31. The number of carbonyl (C=O) groups excluding carboxylic acids is 1. The van der Waals surface area contributed by atoms with E-state index in [0.717, 1.165) is 28.8 Å². The number of amidine groups is 1. The Labute approximate surface area is 182 Å². The van der Waals surface area contributed by atoms with Gasteiger partial charge in [0.2, 0.25) is 5.91 Å². The molecule has 0 bridgehead atoms. The van der Waals surface area contributed by atoms with Crippen LogP contribution in [0, 0.1) is 16.7 Å². The maximum atomic E-state index is 11.9. The van der Waals surface area contributed by atoms with Gasteiger partial charge in [-0.25, -0.2) is 0 Å². The highest BCUT2D eigenvalue weighted by Gasteiger charge is 2.31. The SMILES string of the molecule is CC(=O)N1CCC(N)=C(C(=N)N2CC[C@H](C)c3cc(-c4cnn(C)c4)c(C#N)cc32)C1. The van der Waals surface area contributed by atoms with Crippen molar-refractivity contribution in [1.29, 1.82) is 10.7 Å². The van der Waals surface area contributed by atoms with E-state index >= 15 is 0 Å². The first kappa shape index (κ1) is 20.7. The van der Waals surface area contributed by atoms with Crippen molar-refractivity contribution in [3.8, 4) is 17.2 Å². The maximum Gasteiger partial charge on any atom is 0.219 e. The van der Waals surface area contributed by atoms with E-state index in [9.17, 15) is 10.1 Å². The van der Waals surface area contributed by atoms with E-state index in [1.807, 2.05) is 24.2 Å². The van der Waals surface area contributed by atoms with E-state index in [1.54, 1.807) is 22.7 Å². The minimum absolute atomic E-state index is 0.0154. The number of rotatable bonds is 2. The van der Waals surface area contributed by atoms with Gasteiger partial charge in [-0.05, 0) is 30.0 Å². The average molecular weight is 418 g/mol. The van der Waals surface area contributed by atoms with Crippen LogP contribution in [-0.2, 0) is 11.8 Å². The van der Waals surface area contributed by atoms with E-state index < -0.39 is 0 Å². The minimum atomic E-state index is -0.0154. The third-order valence-electron chi connectivity index (χ3n) is 6.30. The van der Waals surface area contributed by atoms with Crippen molar-refractivity contribution in [1.82, 2.24) is 14.7 Å². The molecule has 2 aromatic rings. The Hall–Kier alpha value is -3.60. The summed E-state index contributed by atoms with van der Waals surface area (Å²) in [5.74, 6) is 0.599. The molecule has 0 fully saturated rings. The number of carbonyl (C=O) groups is 1. The largest absolute Gasteiger partial charge is 0.402 e. The van der Waals surface area contributed by atoms with Gasteiger partial charge in [0, 0.05) is 67.8 Å². The molecule has 8 nitrogen and oxygen atoms in total. The van der Waals surface area contributed by atoms with Gasteiger partial charge in [0.15, 0.2) is 0 Å². The third-order valence-corrected chi connectivity index (χ3v) is 6.30. The van der Waals surface area contributed by atoms with Gasteiger partial charge in [0.1, 0.15) is 5.84 Å². The van der Waals surface area contributed by atoms with Crippen LogP contribution < -0.4 is 10.6 Å². The van der Waals surface area contributed by atoms with Crippen molar-refractivity contribution >= 4 is 17.4 Å². The predicted octanol–water partition coefficient (Wildman–Crippen LogP) is 2.71. The molecular weight excluding hydrogens is 390 g/mol. The van der Waals surface area contributed by atoms with Gasteiger partial charge in [0.05, 0.1) is 24.4 Å². The van der Waals surface area contributed by atoms with E-state index in [4.69, 9.17) is 11.1 Å². The average Bonchev–Trinajstić information content (AvgIpc) is 3.19. The summed E-state index contributed by atoms with van der Waals surface area (Å²) in [6.07, 6.45) is 5.12.